The lowest BCUT2D eigenvalue weighted by Gasteiger charge is -2.19. The van der Waals surface area contributed by atoms with E-state index in [0.29, 0.717) is 5.41 Å². The van der Waals surface area contributed by atoms with E-state index < -0.39 is 0 Å². The molecule has 0 heteroatoms. The fourth-order valence-corrected chi connectivity index (χ4v) is 1.66. The summed E-state index contributed by atoms with van der Waals surface area (Å²) in [6.45, 7) is 19.5. The summed E-state index contributed by atoms with van der Waals surface area (Å²) < 4.78 is 0. The van der Waals surface area contributed by atoms with E-state index in [-0.39, 0.29) is 5.41 Å². The molecule has 0 fully saturated rings. The van der Waals surface area contributed by atoms with Gasteiger partial charge in [-0.3, -0.25) is 0 Å². The molecule has 0 unspecified atom stereocenters. The van der Waals surface area contributed by atoms with E-state index in [1.54, 1.807) is 0 Å². The molecule has 0 atom stereocenters. The molecule has 0 aliphatic heterocycles. The van der Waals surface area contributed by atoms with Crippen molar-refractivity contribution in [3.63, 3.8) is 0 Å². The Morgan fingerprint density at radius 1 is 0.619 bits per heavy atom. The summed E-state index contributed by atoms with van der Waals surface area (Å²) in [5.41, 5.74) is 2.14. The molecule has 2 rings (SSSR count). The molecule has 0 heterocycles. The van der Waals surface area contributed by atoms with Crippen LogP contribution in [-0.4, -0.2) is 0 Å². The maximum absolute atomic E-state index is 2.29. The summed E-state index contributed by atoms with van der Waals surface area (Å²) in [5.74, 6) is 0. The smallest absolute Gasteiger partial charge is 0.0132 e. The lowest BCUT2D eigenvalue weighted by Crippen LogP contribution is -2.10. The van der Waals surface area contributed by atoms with Gasteiger partial charge in [-0.05, 0) is 27.2 Å². The molecule has 0 aromatic heterocycles. The average molecular weight is 287 g/mol. The second-order valence-corrected chi connectivity index (χ2v) is 7.81. The van der Waals surface area contributed by atoms with Crippen LogP contribution in [0.4, 0.5) is 0 Å². The Kier molecular flexibility index (Phi) is 7.71. The fourth-order valence-electron chi connectivity index (χ4n) is 1.66. The van der Waals surface area contributed by atoms with Crippen LogP contribution >= 0.6 is 0 Å². The highest BCUT2D eigenvalue weighted by molar-refractivity contribution is 5.83. The van der Waals surface area contributed by atoms with Crippen LogP contribution in [0.1, 0.15) is 67.9 Å². The molecule has 0 aliphatic rings. The third-order valence-corrected chi connectivity index (χ3v) is 2.62. The maximum Gasteiger partial charge on any atom is -0.0132 e. The SMILES string of the molecule is CC.CC(C)(C)C.CC(C)(C)c1ccc2ccccc2c1. The van der Waals surface area contributed by atoms with Gasteiger partial charge < -0.3 is 0 Å². The van der Waals surface area contributed by atoms with Crippen molar-refractivity contribution >= 4 is 10.8 Å². The van der Waals surface area contributed by atoms with Gasteiger partial charge >= 0.3 is 0 Å². The first-order chi connectivity index (χ1) is 9.57. The number of benzene rings is 2. The molecular formula is C21H34. The van der Waals surface area contributed by atoms with Crippen molar-refractivity contribution in [3.05, 3.63) is 48.0 Å². The Morgan fingerprint density at radius 2 is 1.05 bits per heavy atom. The normalized spacial score (nSPS) is 11.1. The highest BCUT2D eigenvalue weighted by atomic mass is 14.2. The summed E-state index contributed by atoms with van der Waals surface area (Å²) in [5, 5.41) is 2.65. The van der Waals surface area contributed by atoms with Crippen molar-refractivity contribution in [2.75, 3.05) is 0 Å². The zero-order valence-corrected chi connectivity index (χ0v) is 15.5. The number of hydrogen-bond donors (Lipinski definition) is 0. The van der Waals surface area contributed by atoms with Gasteiger partial charge in [0.1, 0.15) is 0 Å². The Balaban J connectivity index is 0.000000489. The number of hydrogen-bond acceptors (Lipinski definition) is 0. The van der Waals surface area contributed by atoms with Crippen LogP contribution in [0.25, 0.3) is 10.8 Å². The van der Waals surface area contributed by atoms with E-state index >= 15 is 0 Å². The summed E-state index contributed by atoms with van der Waals surface area (Å²) >= 11 is 0. The zero-order valence-electron chi connectivity index (χ0n) is 15.5. The van der Waals surface area contributed by atoms with Crippen LogP contribution < -0.4 is 0 Å². The van der Waals surface area contributed by atoms with Gasteiger partial charge in [0.25, 0.3) is 0 Å². The minimum Gasteiger partial charge on any atom is -0.0683 e. The highest BCUT2D eigenvalue weighted by Gasteiger charge is 2.13. The highest BCUT2D eigenvalue weighted by Crippen LogP contribution is 2.25. The molecule has 21 heavy (non-hydrogen) atoms. The summed E-state index contributed by atoms with van der Waals surface area (Å²) in [7, 11) is 0. The lowest BCUT2D eigenvalue weighted by molar-refractivity contribution is 0.469. The van der Waals surface area contributed by atoms with Crippen molar-refractivity contribution < 1.29 is 0 Å². The van der Waals surface area contributed by atoms with Crippen LogP contribution in [0, 0.1) is 5.41 Å². The lowest BCUT2D eigenvalue weighted by atomic mass is 9.86. The van der Waals surface area contributed by atoms with Crippen molar-refractivity contribution in [1.82, 2.24) is 0 Å². The first-order valence-corrected chi connectivity index (χ1v) is 8.07. The second kappa shape index (κ2) is 8.22. The molecule has 2 aromatic rings. The van der Waals surface area contributed by atoms with Gasteiger partial charge in [-0.25, -0.2) is 0 Å². The van der Waals surface area contributed by atoms with Gasteiger partial charge in [-0.2, -0.15) is 0 Å². The molecule has 0 nitrogen and oxygen atoms in total. The first-order valence-electron chi connectivity index (χ1n) is 8.07. The predicted molar refractivity (Wildman–Crippen MR) is 99.1 cm³/mol. The van der Waals surface area contributed by atoms with E-state index in [2.05, 4.69) is 90.9 Å². The molecule has 0 bridgehead atoms. The molecule has 118 valence electrons. The molecule has 0 radical (unpaired) electrons. The molecule has 0 N–H and O–H groups in total. The quantitative estimate of drug-likeness (QED) is 0.479. The largest absolute Gasteiger partial charge is 0.0683 e. The zero-order chi connectivity index (χ0) is 16.7. The monoisotopic (exact) mass is 286 g/mol. The van der Waals surface area contributed by atoms with E-state index in [4.69, 9.17) is 0 Å². The molecular weight excluding hydrogens is 252 g/mol. The maximum atomic E-state index is 2.29. The Bertz CT molecular complexity index is 515. The molecule has 0 spiro atoms. The summed E-state index contributed by atoms with van der Waals surface area (Å²) in [6, 6.07) is 15.2. The van der Waals surface area contributed by atoms with Gasteiger partial charge in [0.05, 0.1) is 0 Å². The third kappa shape index (κ3) is 8.55. The average Bonchev–Trinajstić information content (AvgIpc) is 2.37. The Hall–Kier alpha value is -1.30. The van der Waals surface area contributed by atoms with Crippen LogP contribution in [-0.2, 0) is 5.41 Å². The summed E-state index contributed by atoms with van der Waals surface area (Å²) in [4.78, 5) is 0. The van der Waals surface area contributed by atoms with Crippen molar-refractivity contribution in [1.29, 1.82) is 0 Å². The first kappa shape index (κ1) is 19.7. The Labute approximate surface area is 132 Å². The standard InChI is InChI=1S/C14H16.C5H12.C2H6/c1-14(2,3)13-9-8-11-6-4-5-7-12(11)10-13;1-5(2,3)4;1-2/h4-10H,1-3H3;1-4H3;1-2H3. The topological polar surface area (TPSA) is 0 Å². The van der Waals surface area contributed by atoms with Crippen LogP contribution in [0.2, 0.25) is 0 Å². The molecule has 2 aromatic carbocycles. The van der Waals surface area contributed by atoms with Crippen molar-refractivity contribution in [2.24, 2.45) is 5.41 Å². The van der Waals surface area contributed by atoms with Crippen LogP contribution in [0.15, 0.2) is 42.5 Å². The molecule has 0 saturated heterocycles. The predicted octanol–water partition coefficient (Wildman–Crippen LogP) is 7.22. The van der Waals surface area contributed by atoms with Gasteiger partial charge in [0.2, 0.25) is 0 Å². The van der Waals surface area contributed by atoms with Gasteiger partial charge in [0, 0.05) is 0 Å². The van der Waals surface area contributed by atoms with Gasteiger partial charge in [-0.15, -0.1) is 0 Å². The second-order valence-electron chi connectivity index (χ2n) is 7.81. The van der Waals surface area contributed by atoms with E-state index in [1.807, 2.05) is 13.8 Å². The van der Waals surface area contributed by atoms with E-state index in [0.717, 1.165) is 0 Å². The van der Waals surface area contributed by atoms with Crippen LogP contribution in [0.5, 0.6) is 0 Å². The fraction of sp³-hybridized carbons (Fsp3) is 0.524. The van der Waals surface area contributed by atoms with Crippen LogP contribution in [0.3, 0.4) is 0 Å². The minimum atomic E-state index is 0.240. The molecule has 0 amide bonds. The van der Waals surface area contributed by atoms with E-state index in [9.17, 15) is 0 Å². The summed E-state index contributed by atoms with van der Waals surface area (Å²) in [6.07, 6.45) is 0. The third-order valence-electron chi connectivity index (χ3n) is 2.62. The number of fused-ring (bicyclic) bond motifs is 1. The van der Waals surface area contributed by atoms with Gasteiger partial charge in [-0.1, -0.05) is 105 Å². The Morgan fingerprint density at radius 3 is 1.48 bits per heavy atom. The molecule has 0 aliphatic carbocycles. The van der Waals surface area contributed by atoms with Crippen molar-refractivity contribution in [3.8, 4) is 0 Å². The number of rotatable bonds is 0. The molecule has 0 saturated carbocycles. The van der Waals surface area contributed by atoms with Gasteiger partial charge in [0.15, 0.2) is 0 Å². The minimum absolute atomic E-state index is 0.240. The van der Waals surface area contributed by atoms with E-state index in [1.165, 1.54) is 16.3 Å². The van der Waals surface area contributed by atoms with Crippen molar-refractivity contribution in [2.45, 2.75) is 67.7 Å².